The fourth-order valence-electron chi connectivity index (χ4n) is 2.12. The zero-order valence-electron chi connectivity index (χ0n) is 12.7. The topological polar surface area (TPSA) is 121 Å². The maximum absolute atomic E-state index is 12.8. The SMILES string of the molecule is CN(c1ccc(S(N)(=O)=O)cc1)S(=O)(=O)c1ccccc1CC#N. The van der Waals surface area contributed by atoms with E-state index in [1.165, 1.54) is 37.4 Å². The van der Waals surface area contributed by atoms with Gasteiger partial charge in [0.1, 0.15) is 0 Å². The second-order valence-electron chi connectivity index (χ2n) is 4.95. The van der Waals surface area contributed by atoms with Crippen LogP contribution in [0.2, 0.25) is 0 Å². The van der Waals surface area contributed by atoms with E-state index in [0.29, 0.717) is 5.56 Å². The minimum Gasteiger partial charge on any atom is -0.269 e. The number of nitrogens with two attached hydrogens (primary N) is 1. The Morgan fingerprint density at radius 2 is 1.62 bits per heavy atom. The van der Waals surface area contributed by atoms with Crippen LogP contribution in [0.25, 0.3) is 0 Å². The van der Waals surface area contributed by atoms with Crippen molar-refractivity contribution in [3.63, 3.8) is 0 Å². The summed E-state index contributed by atoms with van der Waals surface area (Å²) in [5.74, 6) is 0. The largest absolute Gasteiger partial charge is 0.269 e. The summed E-state index contributed by atoms with van der Waals surface area (Å²) in [5, 5.41) is 13.9. The Labute approximate surface area is 141 Å². The zero-order chi connectivity index (χ0) is 18.0. The molecule has 0 saturated carbocycles. The molecule has 0 amide bonds. The molecule has 0 aliphatic rings. The highest BCUT2D eigenvalue weighted by Gasteiger charge is 2.24. The van der Waals surface area contributed by atoms with Crippen molar-refractivity contribution in [3.05, 3.63) is 54.1 Å². The number of hydrogen-bond donors (Lipinski definition) is 1. The van der Waals surface area contributed by atoms with Crippen LogP contribution in [0.3, 0.4) is 0 Å². The highest BCUT2D eigenvalue weighted by atomic mass is 32.2. The van der Waals surface area contributed by atoms with Crippen molar-refractivity contribution in [1.29, 1.82) is 5.26 Å². The molecule has 0 unspecified atom stereocenters. The third-order valence-electron chi connectivity index (χ3n) is 3.41. The fraction of sp³-hybridized carbons (Fsp3) is 0.133. The molecule has 2 aromatic carbocycles. The molecular weight excluding hydrogens is 350 g/mol. The third-order valence-corrected chi connectivity index (χ3v) is 6.22. The van der Waals surface area contributed by atoms with Gasteiger partial charge in [0.2, 0.25) is 10.0 Å². The van der Waals surface area contributed by atoms with Crippen LogP contribution in [0, 0.1) is 11.3 Å². The molecule has 2 aromatic rings. The number of anilines is 1. The molecule has 126 valence electrons. The summed E-state index contributed by atoms with van der Waals surface area (Å²) in [7, 11) is -6.39. The molecular formula is C15H15N3O4S2. The molecule has 0 atom stereocenters. The first-order chi connectivity index (χ1) is 11.2. The van der Waals surface area contributed by atoms with Crippen LogP contribution in [0.5, 0.6) is 0 Å². The smallest absolute Gasteiger partial charge is 0.264 e. The molecule has 0 aromatic heterocycles. The lowest BCUT2D eigenvalue weighted by molar-refractivity contribution is 0.593. The standard InChI is InChI=1S/C15H15N3O4S2/c1-18(13-6-8-14(9-7-13)23(17,19)20)24(21,22)15-5-3-2-4-12(15)10-11-16/h2-9H,10H2,1H3,(H2,17,19,20). The Balaban J connectivity index is 2.45. The molecule has 2 N–H and O–H groups in total. The van der Waals surface area contributed by atoms with Gasteiger partial charge in [-0.15, -0.1) is 0 Å². The highest BCUT2D eigenvalue weighted by molar-refractivity contribution is 7.92. The first-order valence-corrected chi connectivity index (χ1v) is 9.73. The molecule has 0 fully saturated rings. The van der Waals surface area contributed by atoms with Crippen LogP contribution in [0.4, 0.5) is 5.69 Å². The van der Waals surface area contributed by atoms with Crippen molar-refractivity contribution in [2.75, 3.05) is 11.4 Å². The van der Waals surface area contributed by atoms with Crippen LogP contribution in [-0.4, -0.2) is 23.9 Å². The highest BCUT2D eigenvalue weighted by Crippen LogP contribution is 2.25. The molecule has 0 aliphatic carbocycles. The van der Waals surface area contributed by atoms with Crippen molar-refractivity contribution in [3.8, 4) is 6.07 Å². The maximum Gasteiger partial charge on any atom is 0.264 e. The van der Waals surface area contributed by atoms with Crippen LogP contribution < -0.4 is 9.44 Å². The maximum atomic E-state index is 12.8. The molecule has 0 spiro atoms. The Bertz CT molecular complexity index is 992. The molecule has 0 heterocycles. The molecule has 2 rings (SSSR count). The number of benzene rings is 2. The lowest BCUT2D eigenvalue weighted by Crippen LogP contribution is -2.27. The predicted molar refractivity (Wildman–Crippen MR) is 89.2 cm³/mol. The number of nitriles is 1. The molecule has 24 heavy (non-hydrogen) atoms. The van der Waals surface area contributed by atoms with Crippen molar-refractivity contribution in [2.24, 2.45) is 5.14 Å². The van der Waals surface area contributed by atoms with Gasteiger partial charge in [0.05, 0.1) is 28.0 Å². The summed E-state index contributed by atoms with van der Waals surface area (Å²) in [6.45, 7) is 0. The third kappa shape index (κ3) is 3.56. The number of hydrogen-bond acceptors (Lipinski definition) is 5. The summed E-state index contributed by atoms with van der Waals surface area (Å²) >= 11 is 0. The first-order valence-electron chi connectivity index (χ1n) is 6.74. The molecule has 9 heteroatoms. The molecule has 0 radical (unpaired) electrons. The van der Waals surface area contributed by atoms with E-state index in [1.807, 2.05) is 6.07 Å². The number of primary sulfonamides is 1. The van der Waals surface area contributed by atoms with Crippen molar-refractivity contribution in [1.82, 2.24) is 0 Å². The van der Waals surface area contributed by atoms with Crippen LogP contribution in [-0.2, 0) is 26.5 Å². The van der Waals surface area contributed by atoms with Gasteiger partial charge in [0.15, 0.2) is 0 Å². The van der Waals surface area contributed by atoms with E-state index in [1.54, 1.807) is 18.2 Å². The summed E-state index contributed by atoms with van der Waals surface area (Å²) < 4.78 is 49.1. The normalized spacial score (nSPS) is 11.7. The lowest BCUT2D eigenvalue weighted by atomic mass is 10.2. The Morgan fingerprint density at radius 3 is 2.17 bits per heavy atom. The van der Waals surface area contributed by atoms with E-state index in [9.17, 15) is 16.8 Å². The quantitative estimate of drug-likeness (QED) is 0.854. The van der Waals surface area contributed by atoms with Gasteiger partial charge in [-0.2, -0.15) is 5.26 Å². The van der Waals surface area contributed by atoms with E-state index in [0.717, 1.165) is 4.31 Å². The summed E-state index contributed by atoms with van der Waals surface area (Å²) in [6.07, 6.45) is -0.0341. The van der Waals surface area contributed by atoms with Gasteiger partial charge in [-0.25, -0.2) is 22.0 Å². The summed E-state index contributed by atoms with van der Waals surface area (Å²) in [5.41, 5.74) is 0.669. The Morgan fingerprint density at radius 1 is 1.04 bits per heavy atom. The molecule has 0 aliphatic heterocycles. The van der Waals surface area contributed by atoms with Gasteiger partial charge < -0.3 is 0 Å². The van der Waals surface area contributed by atoms with E-state index in [2.05, 4.69) is 0 Å². The monoisotopic (exact) mass is 365 g/mol. The number of sulfonamides is 2. The van der Waals surface area contributed by atoms with Gasteiger partial charge >= 0.3 is 0 Å². The van der Waals surface area contributed by atoms with E-state index >= 15 is 0 Å². The second-order valence-corrected chi connectivity index (χ2v) is 8.45. The summed E-state index contributed by atoms with van der Waals surface area (Å²) in [4.78, 5) is -0.0773. The number of rotatable bonds is 5. The average molecular weight is 365 g/mol. The second kappa shape index (κ2) is 6.60. The van der Waals surface area contributed by atoms with Crippen molar-refractivity contribution in [2.45, 2.75) is 16.2 Å². The Kier molecular flexibility index (Phi) is 4.94. The first kappa shape index (κ1) is 17.9. The van der Waals surface area contributed by atoms with E-state index < -0.39 is 20.0 Å². The average Bonchev–Trinajstić information content (AvgIpc) is 2.54. The van der Waals surface area contributed by atoms with E-state index in [-0.39, 0.29) is 21.9 Å². The minimum atomic E-state index is -3.89. The zero-order valence-corrected chi connectivity index (χ0v) is 14.4. The van der Waals surface area contributed by atoms with Gasteiger partial charge in [-0.1, -0.05) is 18.2 Å². The van der Waals surface area contributed by atoms with Crippen LogP contribution in [0.15, 0.2) is 58.3 Å². The molecule has 0 saturated heterocycles. The minimum absolute atomic E-state index is 0.0320. The summed E-state index contributed by atoms with van der Waals surface area (Å²) in [6, 6.07) is 13.3. The fourth-order valence-corrected chi connectivity index (χ4v) is 4.05. The van der Waals surface area contributed by atoms with Gasteiger partial charge in [-0.05, 0) is 35.9 Å². The Hall–Kier alpha value is -2.41. The predicted octanol–water partition coefficient (Wildman–Crippen LogP) is 1.23. The molecule has 7 nitrogen and oxygen atoms in total. The lowest BCUT2D eigenvalue weighted by Gasteiger charge is -2.21. The van der Waals surface area contributed by atoms with Gasteiger partial charge in [-0.3, -0.25) is 4.31 Å². The molecule has 0 bridgehead atoms. The van der Waals surface area contributed by atoms with Gasteiger partial charge in [0.25, 0.3) is 10.0 Å². The number of nitrogens with zero attached hydrogens (tertiary/aromatic N) is 2. The van der Waals surface area contributed by atoms with Crippen molar-refractivity contribution >= 4 is 25.7 Å². The van der Waals surface area contributed by atoms with Crippen molar-refractivity contribution < 1.29 is 16.8 Å². The van der Waals surface area contributed by atoms with Crippen LogP contribution in [0.1, 0.15) is 5.56 Å². The van der Waals surface area contributed by atoms with Gasteiger partial charge in [0, 0.05) is 7.05 Å². The van der Waals surface area contributed by atoms with Crippen LogP contribution >= 0.6 is 0 Å². The van der Waals surface area contributed by atoms with E-state index in [4.69, 9.17) is 10.4 Å².